The van der Waals surface area contributed by atoms with E-state index < -0.39 is 4.92 Å². The summed E-state index contributed by atoms with van der Waals surface area (Å²) in [6.45, 7) is 3.93. The second-order valence-electron chi connectivity index (χ2n) is 4.06. The lowest BCUT2D eigenvalue weighted by molar-refractivity contribution is -0.384. The van der Waals surface area contributed by atoms with Crippen molar-refractivity contribution in [1.29, 1.82) is 0 Å². The molecule has 0 saturated heterocycles. The van der Waals surface area contributed by atoms with E-state index in [0.29, 0.717) is 23.8 Å². The number of hydrazone groups is 1. The van der Waals surface area contributed by atoms with E-state index in [1.165, 1.54) is 18.2 Å². The Morgan fingerprint density at radius 3 is 2.79 bits per heavy atom. The van der Waals surface area contributed by atoms with E-state index in [0.717, 1.165) is 5.01 Å². The van der Waals surface area contributed by atoms with Crippen molar-refractivity contribution in [3.05, 3.63) is 28.3 Å². The summed E-state index contributed by atoms with van der Waals surface area (Å²) < 4.78 is 5.38. The molecule has 0 atom stereocenters. The summed E-state index contributed by atoms with van der Waals surface area (Å²) in [5.74, 6) is 0.179. The number of benzene rings is 1. The Balaban J connectivity index is 2.48. The number of hydrogen-bond acceptors (Lipinski definition) is 5. The first-order chi connectivity index (χ1) is 9.02. The van der Waals surface area contributed by atoms with Crippen LogP contribution in [0.3, 0.4) is 0 Å². The van der Waals surface area contributed by atoms with Gasteiger partial charge in [-0.1, -0.05) is 0 Å². The van der Waals surface area contributed by atoms with Crippen LogP contribution >= 0.6 is 0 Å². The Bertz CT molecular complexity index is 568. The zero-order chi connectivity index (χ0) is 14.0. The molecule has 0 radical (unpaired) electrons. The van der Waals surface area contributed by atoms with Crippen molar-refractivity contribution in [2.75, 3.05) is 11.6 Å². The molecule has 7 heteroatoms. The maximum Gasteiger partial charge on any atom is 0.271 e. The number of non-ortho nitro benzene ring substituents is 1. The highest BCUT2D eigenvalue weighted by Gasteiger charge is 2.27. The van der Waals surface area contributed by atoms with Crippen LogP contribution in [-0.4, -0.2) is 23.1 Å². The topological polar surface area (TPSA) is 85.0 Å². The van der Waals surface area contributed by atoms with Crippen molar-refractivity contribution in [1.82, 2.24) is 0 Å². The van der Waals surface area contributed by atoms with Gasteiger partial charge in [0.05, 0.1) is 18.0 Å². The molecule has 0 fully saturated rings. The third kappa shape index (κ3) is 2.54. The van der Waals surface area contributed by atoms with Crippen LogP contribution in [0.1, 0.15) is 20.3 Å². The van der Waals surface area contributed by atoms with Gasteiger partial charge in [0.1, 0.15) is 11.4 Å². The lowest BCUT2D eigenvalue weighted by Crippen LogP contribution is -2.20. The van der Waals surface area contributed by atoms with Gasteiger partial charge in [0.25, 0.3) is 11.6 Å². The van der Waals surface area contributed by atoms with Crippen molar-refractivity contribution < 1.29 is 14.5 Å². The predicted octanol–water partition coefficient (Wildman–Crippen LogP) is 2.11. The van der Waals surface area contributed by atoms with Gasteiger partial charge in [0, 0.05) is 17.8 Å². The van der Waals surface area contributed by atoms with E-state index in [1.54, 1.807) is 13.8 Å². The van der Waals surface area contributed by atoms with E-state index in [9.17, 15) is 14.9 Å². The zero-order valence-corrected chi connectivity index (χ0v) is 10.6. The van der Waals surface area contributed by atoms with Crippen LogP contribution in [0.5, 0.6) is 5.75 Å². The normalized spacial score (nSPS) is 14.5. The Morgan fingerprint density at radius 1 is 1.53 bits per heavy atom. The average molecular weight is 263 g/mol. The third-order valence-electron chi connectivity index (χ3n) is 2.60. The monoisotopic (exact) mass is 263 g/mol. The van der Waals surface area contributed by atoms with Gasteiger partial charge in [-0.25, -0.2) is 0 Å². The van der Waals surface area contributed by atoms with Crippen LogP contribution in [-0.2, 0) is 4.79 Å². The predicted molar refractivity (Wildman–Crippen MR) is 69.5 cm³/mol. The summed E-state index contributed by atoms with van der Waals surface area (Å²) in [6, 6.07) is 4.12. The number of anilines is 1. The third-order valence-corrected chi connectivity index (χ3v) is 2.60. The molecular weight excluding hydrogens is 250 g/mol. The van der Waals surface area contributed by atoms with Crippen molar-refractivity contribution in [3.8, 4) is 5.75 Å². The van der Waals surface area contributed by atoms with Gasteiger partial charge in [0.2, 0.25) is 0 Å². The number of hydrogen-bond donors (Lipinski definition) is 0. The summed E-state index contributed by atoms with van der Waals surface area (Å²) in [5.41, 5.74) is 0.864. The fourth-order valence-corrected chi connectivity index (χ4v) is 1.81. The molecule has 1 aliphatic heterocycles. The molecule has 0 bridgehead atoms. The highest BCUT2D eigenvalue weighted by Crippen LogP contribution is 2.34. The van der Waals surface area contributed by atoms with E-state index in [4.69, 9.17) is 4.74 Å². The quantitative estimate of drug-likeness (QED) is 0.615. The second-order valence-corrected chi connectivity index (χ2v) is 4.06. The molecule has 0 saturated carbocycles. The molecule has 1 aromatic rings. The first-order valence-electron chi connectivity index (χ1n) is 5.81. The molecule has 0 aliphatic carbocycles. The van der Waals surface area contributed by atoms with Crippen LogP contribution < -0.4 is 9.75 Å². The van der Waals surface area contributed by atoms with Crippen LogP contribution in [0, 0.1) is 10.1 Å². The summed E-state index contributed by atoms with van der Waals surface area (Å²) in [6.07, 6.45) is 0.217. The highest BCUT2D eigenvalue weighted by molar-refractivity contribution is 6.12. The SMILES string of the molecule is CCOc1ccc([N+](=O)[O-])cc1N1N=C(C)CC1=O. The average Bonchev–Trinajstić information content (AvgIpc) is 2.69. The Hall–Kier alpha value is -2.44. The van der Waals surface area contributed by atoms with Gasteiger partial charge < -0.3 is 4.74 Å². The maximum absolute atomic E-state index is 11.8. The fourth-order valence-electron chi connectivity index (χ4n) is 1.81. The van der Waals surface area contributed by atoms with E-state index in [1.807, 2.05) is 0 Å². The first-order valence-corrected chi connectivity index (χ1v) is 5.81. The molecule has 0 aromatic heterocycles. The van der Waals surface area contributed by atoms with Crippen LogP contribution in [0.2, 0.25) is 0 Å². The van der Waals surface area contributed by atoms with Crippen LogP contribution in [0.25, 0.3) is 0 Å². The van der Waals surface area contributed by atoms with E-state index in [-0.39, 0.29) is 18.0 Å². The number of ether oxygens (including phenoxy) is 1. The summed E-state index contributed by atoms with van der Waals surface area (Å²) in [7, 11) is 0. The molecule has 1 heterocycles. The molecule has 0 N–H and O–H groups in total. The van der Waals surface area contributed by atoms with Crippen molar-refractivity contribution >= 4 is 23.0 Å². The van der Waals surface area contributed by atoms with Crippen LogP contribution in [0.15, 0.2) is 23.3 Å². The number of nitro benzene ring substituents is 1. The molecule has 0 spiro atoms. The first kappa shape index (κ1) is 13.0. The number of amides is 1. The van der Waals surface area contributed by atoms with Crippen LogP contribution in [0.4, 0.5) is 11.4 Å². The molecule has 1 amide bonds. The minimum Gasteiger partial charge on any atom is -0.492 e. The number of nitro groups is 1. The largest absolute Gasteiger partial charge is 0.492 e. The zero-order valence-electron chi connectivity index (χ0n) is 10.6. The standard InChI is InChI=1S/C12H13N3O4/c1-3-19-11-5-4-9(15(17)18)7-10(11)14-12(16)6-8(2)13-14/h4-5,7H,3,6H2,1-2H3. The number of carbonyl (C=O) groups is 1. The molecule has 1 aromatic carbocycles. The molecule has 0 unspecified atom stereocenters. The number of rotatable bonds is 4. The molecule has 19 heavy (non-hydrogen) atoms. The smallest absolute Gasteiger partial charge is 0.271 e. The minimum atomic E-state index is -0.518. The minimum absolute atomic E-state index is 0.106. The molecule has 7 nitrogen and oxygen atoms in total. The number of nitrogens with zero attached hydrogens (tertiary/aromatic N) is 3. The number of carbonyl (C=O) groups excluding carboxylic acids is 1. The van der Waals surface area contributed by atoms with Crippen molar-refractivity contribution in [2.45, 2.75) is 20.3 Å². The van der Waals surface area contributed by atoms with Gasteiger partial charge in [-0.2, -0.15) is 10.1 Å². The van der Waals surface area contributed by atoms with Crippen molar-refractivity contribution in [3.63, 3.8) is 0 Å². The van der Waals surface area contributed by atoms with Gasteiger partial charge in [-0.3, -0.25) is 14.9 Å². The summed E-state index contributed by atoms with van der Waals surface area (Å²) >= 11 is 0. The Labute approximate surface area is 109 Å². The molecule has 100 valence electrons. The van der Waals surface area contributed by atoms with Gasteiger partial charge in [0.15, 0.2) is 0 Å². The van der Waals surface area contributed by atoms with E-state index >= 15 is 0 Å². The Morgan fingerprint density at radius 2 is 2.26 bits per heavy atom. The fraction of sp³-hybridized carbons (Fsp3) is 0.333. The summed E-state index contributed by atoms with van der Waals surface area (Å²) in [5, 5.41) is 16.0. The maximum atomic E-state index is 11.8. The van der Waals surface area contributed by atoms with Crippen molar-refractivity contribution in [2.24, 2.45) is 5.10 Å². The van der Waals surface area contributed by atoms with E-state index in [2.05, 4.69) is 5.10 Å². The lowest BCUT2D eigenvalue weighted by atomic mass is 10.2. The highest BCUT2D eigenvalue weighted by atomic mass is 16.6. The molecule has 1 aliphatic rings. The molecule has 2 rings (SSSR count). The molecular formula is C12H13N3O4. The lowest BCUT2D eigenvalue weighted by Gasteiger charge is -2.16. The van der Waals surface area contributed by atoms with Gasteiger partial charge in [-0.05, 0) is 19.9 Å². The second kappa shape index (κ2) is 5.05. The Kier molecular flexibility index (Phi) is 3.46. The summed E-state index contributed by atoms with van der Waals surface area (Å²) in [4.78, 5) is 22.1. The van der Waals surface area contributed by atoms with Gasteiger partial charge >= 0.3 is 0 Å². The van der Waals surface area contributed by atoms with Gasteiger partial charge in [-0.15, -0.1) is 0 Å².